The smallest absolute Gasteiger partial charge is 0.255 e. The van der Waals surface area contributed by atoms with Crippen LogP contribution in [0.2, 0.25) is 0 Å². The highest BCUT2D eigenvalue weighted by Gasteiger charge is 2.15. The molecule has 7 nitrogen and oxygen atoms in total. The van der Waals surface area contributed by atoms with Gasteiger partial charge in [-0.15, -0.1) is 10.2 Å². The van der Waals surface area contributed by atoms with Gasteiger partial charge in [0.05, 0.1) is 35.2 Å². The van der Waals surface area contributed by atoms with Crippen LogP contribution in [0.5, 0.6) is 0 Å². The van der Waals surface area contributed by atoms with Crippen molar-refractivity contribution in [2.24, 2.45) is 0 Å². The van der Waals surface area contributed by atoms with Crippen molar-refractivity contribution in [1.29, 1.82) is 5.26 Å². The van der Waals surface area contributed by atoms with Crippen LogP contribution in [0.4, 0.5) is 14.5 Å². The van der Waals surface area contributed by atoms with E-state index < -0.39 is 13.0 Å². The van der Waals surface area contributed by atoms with Crippen molar-refractivity contribution in [2.75, 3.05) is 11.9 Å². The second kappa shape index (κ2) is 7.91. The molecule has 9 heteroatoms. The predicted octanol–water partition coefficient (Wildman–Crippen LogP) is 4.88. The normalized spacial score (nSPS) is 11.4. The number of fused-ring (bicyclic) bond motifs is 1. The number of aromatic nitrogens is 4. The first-order valence-electron chi connectivity index (χ1n) is 9.33. The molecule has 30 heavy (non-hydrogen) atoms. The maximum atomic E-state index is 12.4. The molecule has 0 bridgehead atoms. The predicted molar refractivity (Wildman–Crippen MR) is 108 cm³/mol. The summed E-state index contributed by atoms with van der Waals surface area (Å²) in [5.41, 5.74) is 3.66. The van der Waals surface area contributed by atoms with E-state index in [9.17, 15) is 14.0 Å². The van der Waals surface area contributed by atoms with Crippen molar-refractivity contribution in [3.8, 4) is 29.0 Å². The Bertz CT molecular complexity index is 1240. The summed E-state index contributed by atoms with van der Waals surface area (Å²) in [4.78, 5) is 4.39. The van der Waals surface area contributed by atoms with Crippen molar-refractivity contribution in [3.63, 3.8) is 0 Å². The molecule has 0 radical (unpaired) electrons. The maximum Gasteiger partial charge on any atom is 0.255 e. The number of hydrogen-bond acceptors (Lipinski definition) is 6. The minimum Gasteiger partial charge on any atom is -0.416 e. The SMILES string of the molecule is CC(C)n1cnc2ccc(-c3nnc(-c4ccc(NCC(F)F)c(C#N)c4)o3)cc21. The summed E-state index contributed by atoms with van der Waals surface area (Å²) in [7, 11) is 0. The molecule has 0 aliphatic carbocycles. The van der Waals surface area contributed by atoms with Crippen LogP contribution in [0.15, 0.2) is 47.1 Å². The van der Waals surface area contributed by atoms with Crippen LogP contribution >= 0.6 is 0 Å². The zero-order chi connectivity index (χ0) is 21.3. The zero-order valence-corrected chi connectivity index (χ0v) is 16.3. The number of rotatable bonds is 6. The Hall–Kier alpha value is -3.80. The molecule has 0 saturated heterocycles. The molecule has 0 saturated carbocycles. The first-order chi connectivity index (χ1) is 14.5. The van der Waals surface area contributed by atoms with Crippen LogP contribution < -0.4 is 5.32 Å². The number of benzene rings is 2. The van der Waals surface area contributed by atoms with E-state index in [0.29, 0.717) is 17.1 Å². The summed E-state index contributed by atoms with van der Waals surface area (Å²) >= 11 is 0. The fraction of sp³-hybridized carbons (Fsp3) is 0.238. The van der Waals surface area contributed by atoms with E-state index in [1.54, 1.807) is 18.5 Å². The largest absolute Gasteiger partial charge is 0.416 e. The summed E-state index contributed by atoms with van der Waals surface area (Å²) in [5.74, 6) is 0.571. The average Bonchev–Trinajstić information content (AvgIpc) is 3.38. The Morgan fingerprint density at radius 1 is 1.10 bits per heavy atom. The van der Waals surface area contributed by atoms with Gasteiger partial charge in [-0.1, -0.05) is 0 Å². The minimum atomic E-state index is -2.51. The molecule has 0 amide bonds. The molecule has 4 rings (SSSR count). The molecule has 4 aromatic rings. The van der Waals surface area contributed by atoms with Gasteiger partial charge >= 0.3 is 0 Å². The zero-order valence-electron chi connectivity index (χ0n) is 16.3. The number of imidazole rings is 1. The van der Waals surface area contributed by atoms with E-state index >= 15 is 0 Å². The molecule has 152 valence electrons. The lowest BCUT2D eigenvalue weighted by atomic mass is 10.1. The van der Waals surface area contributed by atoms with Gasteiger partial charge in [0.1, 0.15) is 6.07 Å². The quantitative estimate of drug-likeness (QED) is 0.489. The second-order valence-corrected chi connectivity index (χ2v) is 7.01. The number of nitriles is 1. The van der Waals surface area contributed by atoms with Crippen LogP contribution in [-0.4, -0.2) is 32.7 Å². The monoisotopic (exact) mass is 408 g/mol. The first-order valence-corrected chi connectivity index (χ1v) is 9.33. The molecular formula is C21H18F2N6O. The fourth-order valence-corrected chi connectivity index (χ4v) is 3.14. The van der Waals surface area contributed by atoms with Gasteiger partial charge < -0.3 is 14.3 Å². The molecule has 0 spiro atoms. The van der Waals surface area contributed by atoms with E-state index in [1.165, 1.54) is 6.07 Å². The molecule has 2 aromatic heterocycles. The average molecular weight is 408 g/mol. The number of alkyl halides is 2. The first kappa shape index (κ1) is 19.5. The van der Waals surface area contributed by atoms with Crippen molar-refractivity contribution in [2.45, 2.75) is 26.3 Å². The summed E-state index contributed by atoms with van der Waals surface area (Å²) in [5, 5.41) is 20.1. The highest BCUT2D eigenvalue weighted by molar-refractivity contribution is 5.80. The van der Waals surface area contributed by atoms with Crippen LogP contribution in [0.25, 0.3) is 33.9 Å². The molecule has 2 heterocycles. The van der Waals surface area contributed by atoms with Gasteiger partial charge in [-0.05, 0) is 50.2 Å². The van der Waals surface area contributed by atoms with E-state index in [2.05, 4.69) is 38.9 Å². The lowest BCUT2D eigenvalue weighted by Crippen LogP contribution is -2.11. The van der Waals surface area contributed by atoms with Gasteiger partial charge in [-0.25, -0.2) is 13.8 Å². The molecular weight excluding hydrogens is 390 g/mol. The fourth-order valence-electron chi connectivity index (χ4n) is 3.14. The number of nitrogens with zero attached hydrogens (tertiary/aromatic N) is 5. The van der Waals surface area contributed by atoms with Crippen molar-refractivity contribution < 1.29 is 13.2 Å². The third kappa shape index (κ3) is 3.72. The van der Waals surface area contributed by atoms with Gasteiger partial charge in [0.2, 0.25) is 11.8 Å². The van der Waals surface area contributed by atoms with E-state index in [-0.39, 0.29) is 17.5 Å². The van der Waals surface area contributed by atoms with E-state index in [0.717, 1.165) is 16.6 Å². The molecule has 1 N–H and O–H groups in total. The maximum absolute atomic E-state index is 12.4. The van der Waals surface area contributed by atoms with E-state index in [4.69, 9.17) is 4.42 Å². The Morgan fingerprint density at radius 2 is 1.80 bits per heavy atom. The Labute approximate surface area is 171 Å². The number of halogens is 2. The number of hydrogen-bond donors (Lipinski definition) is 1. The highest BCUT2D eigenvalue weighted by atomic mass is 19.3. The van der Waals surface area contributed by atoms with Gasteiger partial charge in [0, 0.05) is 17.2 Å². The van der Waals surface area contributed by atoms with Crippen molar-refractivity contribution >= 4 is 16.7 Å². The lowest BCUT2D eigenvalue weighted by Gasteiger charge is -2.08. The summed E-state index contributed by atoms with van der Waals surface area (Å²) < 4.78 is 32.7. The topological polar surface area (TPSA) is 92.6 Å². The lowest BCUT2D eigenvalue weighted by molar-refractivity contribution is 0.163. The standard InChI is InChI=1S/C21H18F2N6O/c1-12(2)29-11-26-17-6-4-14(8-18(17)29)21-28-27-20(30-21)13-3-5-16(15(7-13)9-24)25-10-19(22)23/h3-8,11-12,19,25H,10H2,1-2H3. The van der Waals surface area contributed by atoms with Crippen LogP contribution in [0.3, 0.4) is 0 Å². The highest BCUT2D eigenvalue weighted by Crippen LogP contribution is 2.29. The summed E-state index contributed by atoms with van der Waals surface area (Å²) in [6, 6.07) is 12.7. The van der Waals surface area contributed by atoms with Crippen molar-refractivity contribution in [1.82, 2.24) is 19.7 Å². The summed E-state index contributed by atoms with van der Waals surface area (Å²) in [6.45, 7) is 3.62. The molecule has 0 aliphatic rings. The number of nitrogens with one attached hydrogen (secondary N) is 1. The Balaban J connectivity index is 1.65. The van der Waals surface area contributed by atoms with Crippen molar-refractivity contribution in [3.05, 3.63) is 48.3 Å². The molecule has 0 unspecified atom stereocenters. The summed E-state index contributed by atoms with van der Waals surface area (Å²) in [6.07, 6.45) is -0.718. The van der Waals surface area contributed by atoms with Crippen LogP contribution in [0.1, 0.15) is 25.5 Å². The van der Waals surface area contributed by atoms with E-state index in [1.807, 2.05) is 24.3 Å². The Morgan fingerprint density at radius 3 is 2.47 bits per heavy atom. The molecule has 0 aliphatic heterocycles. The third-order valence-electron chi connectivity index (χ3n) is 4.64. The molecule has 0 atom stereocenters. The third-order valence-corrected chi connectivity index (χ3v) is 4.64. The second-order valence-electron chi connectivity index (χ2n) is 7.01. The van der Waals surface area contributed by atoms with Crippen LogP contribution in [-0.2, 0) is 0 Å². The minimum absolute atomic E-state index is 0.218. The molecule has 0 fully saturated rings. The Kier molecular flexibility index (Phi) is 5.14. The van der Waals surface area contributed by atoms with Gasteiger partial charge in [0.15, 0.2) is 0 Å². The van der Waals surface area contributed by atoms with Crippen LogP contribution in [0, 0.1) is 11.3 Å². The number of anilines is 1. The van der Waals surface area contributed by atoms with Gasteiger partial charge in [-0.2, -0.15) is 5.26 Å². The van der Waals surface area contributed by atoms with Gasteiger partial charge in [-0.3, -0.25) is 0 Å². The van der Waals surface area contributed by atoms with Gasteiger partial charge in [0.25, 0.3) is 6.43 Å². The molecule has 2 aromatic carbocycles.